The number of hydrogen-bond donors (Lipinski definition) is 2. The largest absolute Gasteiger partial charge is 0.391 e. The van der Waals surface area contributed by atoms with Crippen LogP contribution < -0.4 is 5.32 Å². The summed E-state index contributed by atoms with van der Waals surface area (Å²) in [7, 11) is 0. The minimum absolute atomic E-state index is 0.0412. The van der Waals surface area contributed by atoms with Crippen molar-refractivity contribution in [3.05, 3.63) is 28.7 Å². The Morgan fingerprint density at radius 1 is 1.28 bits per heavy atom. The summed E-state index contributed by atoms with van der Waals surface area (Å²) < 4.78 is 1.84. The summed E-state index contributed by atoms with van der Waals surface area (Å²) in [5.41, 5.74) is 4.80. The van der Waals surface area contributed by atoms with E-state index in [-0.39, 0.29) is 11.8 Å². The minimum Gasteiger partial charge on any atom is -0.391 e. The molecule has 0 saturated carbocycles. The van der Waals surface area contributed by atoms with Crippen molar-refractivity contribution in [2.75, 3.05) is 6.54 Å². The van der Waals surface area contributed by atoms with Gasteiger partial charge in [-0.25, -0.2) is 9.50 Å². The molecule has 0 aliphatic heterocycles. The third kappa shape index (κ3) is 4.57. The molecule has 138 valence electrons. The fourth-order valence-electron chi connectivity index (χ4n) is 3.35. The summed E-state index contributed by atoms with van der Waals surface area (Å²) >= 11 is 0. The Morgan fingerprint density at radius 2 is 1.96 bits per heavy atom. The number of carbonyl (C=O) groups is 1. The van der Waals surface area contributed by atoms with Crippen molar-refractivity contribution in [1.29, 1.82) is 0 Å². The van der Waals surface area contributed by atoms with Crippen molar-refractivity contribution in [2.24, 2.45) is 5.92 Å². The quantitative estimate of drug-likeness (QED) is 0.770. The Morgan fingerprint density at radius 3 is 2.60 bits per heavy atom. The van der Waals surface area contributed by atoms with Crippen molar-refractivity contribution >= 4 is 11.6 Å². The normalized spacial score (nSPS) is 12.8. The van der Waals surface area contributed by atoms with E-state index in [0.29, 0.717) is 19.4 Å². The molecular weight excluding hydrogens is 316 g/mol. The van der Waals surface area contributed by atoms with Gasteiger partial charge in [0.05, 0.1) is 11.8 Å². The summed E-state index contributed by atoms with van der Waals surface area (Å²) in [6.07, 6.45) is 2.35. The highest BCUT2D eigenvalue weighted by Crippen LogP contribution is 2.17. The van der Waals surface area contributed by atoms with Crippen LogP contribution in [0.3, 0.4) is 0 Å². The molecule has 1 atom stereocenters. The van der Waals surface area contributed by atoms with Crippen molar-refractivity contribution in [1.82, 2.24) is 19.9 Å². The Balaban J connectivity index is 1.97. The Hall–Kier alpha value is -1.95. The smallest absolute Gasteiger partial charge is 0.220 e. The van der Waals surface area contributed by atoms with Crippen LogP contribution in [0.5, 0.6) is 0 Å². The highest BCUT2D eigenvalue weighted by Gasteiger charge is 2.17. The molecule has 2 rings (SSSR count). The lowest BCUT2D eigenvalue weighted by Crippen LogP contribution is -2.36. The SMILES string of the molecule is CCC(CC)C(O)CNC(=O)CCc1c(C)nc2cc(C)nn2c1C. The average Bonchev–Trinajstić information content (AvgIpc) is 2.94. The second kappa shape index (κ2) is 8.43. The van der Waals surface area contributed by atoms with Gasteiger partial charge in [0, 0.05) is 30.4 Å². The molecule has 25 heavy (non-hydrogen) atoms. The average molecular weight is 346 g/mol. The first-order chi connectivity index (χ1) is 11.9. The minimum atomic E-state index is -0.479. The van der Waals surface area contributed by atoms with Gasteiger partial charge in [-0.05, 0) is 38.7 Å². The number of amides is 1. The molecular formula is C19H30N4O2. The lowest BCUT2D eigenvalue weighted by atomic mass is 9.96. The molecule has 2 aromatic rings. The first kappa shape index (κ1) is 19.4. The number of hydrogen-bond acceptors (Lipinski definition) is 4. The lowest BCUT2D eigenvalue weighted by Gasteiger charge is -2.20. The predicted molar refractivity (Wildman–Crippen MR) is 98.6 cm³/mol. The van der Waals surface area contributed by atoms with E-state index in [1.807, 2.05) is 31.4 Å². The lowest BCUT2D eigenvalue weighted by molar-refractivity contribution is -0.121. The van der Waals surface area contributed by atoms with Crippen LogP contribution in [0.1, 0.15) is 55.8 Å². The van der Waals surface area contributed by atoms with Gasteiger partial charge in [-0.15, -0.1) is 0 Å². The van der Waals surface area contributed by atoms with Crippen LogP contribution in [0.25, 0.3) is 5.65 Å². The van der Waals surface area contributed by atoms with E-state index < -0.39 is 6.10 Å². The van der Waals surface area contributed by atoms with E-state index in [0.717, 1.165) is 41.1 Å². The second-order valence-corrected chi connectivity index (χ2v) is 6.76. The number of aliphatic hydroxyl groups is 1. The fraction of sp³-hybridized carbons (Fsp3) is 0.632. The monoisotopic (exact) mass is 346 g/mol. The molecule has 6 heteroatoms. The molecule has 0 aliphatic carbocycles. The number of carbonyl (C=O) groups excluding carboxylic acids is 1. The molecule has 0 radical (unpaired) electrons. The number of aliphatic hydroxyl groups excluding tert-OH is 1. The van der Waals surface area contributed by atoms with Crippen molar-refractivity contribution in [2.45, 2.75) is 66.4 Å². The van der Waals surface area contributed by atoms with Gasteiger partial charge in [-0.2, -0.15) is 5.10 Å². The van der Waals surface area contributed by atoms with E-state index >= 15 is 0 Å². The van der Waals surface area contributed by atoms with Gasteiger partial charge in [-0.3, -0.25) is 4.79 Å². The molecule has 6 nitrogen and oxygen atoms in total. The van der Waals surface area contributed by atoms with Gasteiger partial charge in [0.1, 0.15) is 0 Å². The van der Waals surface area contributed by atoms with Crippen LogP contribution >= 0.6 is 0 Å². The zero-order valence-electron chi connectivity index (χ0n) is 16.0. The second-order valence-electron chi connectivity index (χ2n) is 6.76. The molecule has 2 N–H and O–H groups in total. The van der Waals surface area contributed by atoms with Crippen LogP contribution in [-0.2, 0) is 11.2 Å². The zero-order chi connectivity index (χ0) is 18.6. The first-order valence-electron chi connectivity index (χ1n) is 9.14. The van der Waals surface area contributed by atoms with Crippen molar-refractivity contribution < 1.29 is 9.90 Å². The third-order valence-electron chi connectivity index (χ3n) is 4.99. The number of aryl methyl sites for hydroxylation is 3. The van der Waals surface area contributed by atoms with Crippen LogP contribution in [-0.4, -0.2) is 38.3 Å². The number of nitrogens with zero attached hydrogens (tertiary/aromatic N) is 3. The molecule has 2 heterocycles. The molecule has 0 bridgehead atoms. The highest BCUT2D eigenvalue weighted by atomic mass is 16.3. The number of fused-ring (bicyclic) bond motifs is 1. The van der Waals surface area contributed by atoms with E-state index in [4.69, 9.17) is 0 Å². The van der Waals surface area contributed by atoms with Gasteiger partial charge in [0.25, 0.3) is 0 Å². The molecule has 0 saturated heterocycles. The maximum absolute atomic E-state index is 12.1. The van der Waals surface area contributed by atoms with Gasteiger partial charge >= 0.3 is 0 Å². The van der Waals surface area contributed by atoms with E-state index in [2.05, 4.69) is 29.2 Å². The highest BCUT2D eigenvalue weighted by molar-refractivity contribution is 5.76. The van der Waals surface area contributed by atoms with Crippen molar-refractivity contribution in [3.63, 3.8) is 0 Å². The van der Waals surface area contributed by atoms with Crippen molar-refractivity contribution in [3.8, 4) is 0 Å². The van der Waals surface area contributed by atoms with Gasteiger partial charge in [0.2, 0.25) is 5.91 Å². The topological polar surface area (TPSA) is 79.5 Å². The molecule has 1 amide bonds. The van der Waals surface area contributed by atoms with Crippen LogP contribution in [0, 0.1) is 26.7 Å². The van der Waals surface area contributed by atoms with E-state index in [9.17, 15) is 9.90 Å². The van der Waals surface area contributed by atoms with Gasteiger partial charge in [-0.1, -0.05) is 26.7 Å². The number of rotatable bonds is 8. The molecule has 2 aromatic heterocycles. The molecule has 1 unspecified atom stereocenters. The summed E-state index contributed by atoms with van der Waals surface area (Å²) in [4.78, 5) is 16.7. The molecule has 0 aliphatic rings. The van der Waals surface area contributed by atoms with E-state index in [1.54, 1.807) is 0 Å². The Bertz CT molecular complexity index is 735. The molecule has 0 spiro atoms. The summed E-state index contributed by atoms with van der Waals surface area (Å²) in [6.45, 7) is 10.4. The number of aromatic nitrogens is 3. The van der Waals surface area contributed by atoms with Gasteiger partial charge in [0.15, 0.2) is 5.65 Å². The Labute approximate surface area is 149 Å². The fourth-order valence-corrected chi connectivity index (χ4v) is 3.35. The summed E-state index contributed by atoms with van der Waals surface area (Å²) in [6, 6.07) is 1.95. The Kier molecular flexibility index (Phi) is 6.53. The predicted octanol–water partition coefficient (Wildman–Crippen LogP) is 2.50. The molecule has 0 aromatic carbocycles. The number of nitrogens with one attached hydrogen (secondary N) is 1. The van der Waals surface area contributed by atoms with E-state index in [1.165, 1.54) is 0 Å². The van der Waals surface area contributed by atoms with Crippen LogP contribution in [0.4, 0.5) is 0 Å². The first-order valence-corrected chi connectivity index (χ1v) is 9.14. The van der Waals surface area contributed by atoms with Crippen LogP contribution in [0.15, 0.2) is 6.07 Å². The molecule has 0 fully saturated rings. The van der Waals surface area contributed by atoms with Gasteiger partial charge < -0.3 is 10.4 Å². The zero-order valence-corrected chi connectivity index (χ0v) is 16.0. The standard InChI is InChI=1S/C19H30N4O2/c1-6-15(7-2)17(24)11-20-19(25)9-8-16-13(4)21-18-10-12(3)22-23(18)14(16)5/h10,15,17,24H,6-9,11H2,1-5H3,(H,20,25). The summed E-state index contributed by atoms with van der Waals surface area (Å²) in [5, 5.41) is 17.4. The third-order valence-corrected chi connectivity index (χ3v) is 4.99. The summed E-state index contributed by atoms with van der Waals surface area (Å²) in [5.74, 6) is 0.194. The maximum Gasteiger partial charge on any atom is 0.220 e. The maximum atomic E-state index is 12.1. The van der Waals surface area contributed by atoms with Crippen LogP contribution in [0.2, 0.25) is 0 Å².